The maximum absolute atomic E-state index is 11.9. The molecule has 0 bridgehead atoms. The van der Waals surface area contributed by atoms with Gasteiger partial charge in [-0.15, -0.1) is 0 Å². The first-order valence-corrected chi connectivity index (χ1v) is 11.6. The average molecular weight is 626 g/mol. The first-order valence-electron chi connectivity index (χ1n) is 6.60. The van der Waals surface area contributed by atoms with Gasteiger partial charge in [0.1, 0.15) is 21.3 Å². The minimum Gasteiger partial charge on any atom is -0.496 e. The molecular formula is C14H12I2O8S2. The second-order valence-corrected chi connectivity index (χ2v) is 10.2. The molecule has 0 atom stereocenters. The summed E-state index contributed by atoms with van der Waals surface area (Å²) in [5.41, 5.74) is -0.479. The standard InChI is InChI=1S/C14H12I2O8S2/c1-23-9-3-7(15)5-11(25(17,18)19)13(9)14-10(24-2)4-8(16)6-12(14)26(20,21)22/h3-6H,1-2H3,(H,17,18,19)(H,20,21,22). The van der Waals surface area contributed by atoms with Crippen LogP contribution in [-0.4, -0.2) is 40.2 Å². The van der Waals surface area contributed by atoms with Crippen LogP contribution >= 0.6 is 45.2 Å². The summed E-state index contributed by atoms with van der Waals surface area (Å²) in [6.07, 6.45) is 0. The molecular weight excluding hydrogens is 614 g/mol. The SMILES string of the molecule is COc1cc(I)cc(S(=O)(=O)O)c1-c1c(OC)cc(I)cc1S(=O)(=O)O. The van der Waals surface area contributed by atoms with E-state index in [1.165, 1.54) is 26.4 Å². The van der Waals surface area contributed by atoms with Crippen molar-refractivity contribution in [3.63, 3.8) is 0 Å². The lowest BCUT2D eigenvalue weighted by molar-refractivity contribution is 0.407. The predicted octanol–water partition coefficient (Wildman–Crippen LogP) is 3.07. The fraction of sp³-hybridized carbons (Fsp3) is 0.143. The number of rotatable bonds is 5. The second kappa shape index (κ2) is 7.75. The summed E-state index contributed by atoms with van der Waals surface area (Å²) in [7, 11) is -6.99. The van der Waals surface area contributed by atoms with Gasteiger partial charge in [0.15, 0.2) is 0 Å². The minimum atomic E-state index is -4.75. The summed E-state index contributed by atoms with van der Waals surface area (Å²) in [6.45, 7) is 0. The Morgan fingerprint density at radius 1 is 0.731 bits per heavy atom. The van der Waals surface area contributed by atoms with Crippen molar-refractivity contribution in [1.82, 2.24) is 0 Å². The van der Waals surface area contributed by atoms with Crippen LogP contribution < -0.4 is 9.47 Å². The highest BCUT2D eigenvalue weighted by Gasteiger charge is 2.30. The third-order valence-corrected chi connectivity index (χ3v) is 6.31. The maximum atomic E-state index is 11.9. The molecule has 2 N–H and O–H groups in total. The van der Waals surface area contributed by atoms with E-state index in [0.29, 0.717) is 7.14 Å². The summed E-state index contributed by atoms with van der Waals surface area (Å²) in [5.74, 6) is -0.0390. The molecule has 142 valence electrons. The molecule has 2 rings (SSSR count). The molecule has 26 heavy (non-hydrogen) atoms. The molecule has 0 saturated heterocycles. The Morgan fingerprint density at radius 3 is 1.27 bits per heavy atom. The molecule has 2 aromatic rings. The maximum Gasteiger partial charge on any atom is 0.295 e. The van der Waals surface area contributed by atoms with Crippen LogP contribution in [-0.2, 0) is 20.2 Å². The van der Waals surface area contributed by atoms with Crippen LogP contribution in [0.1, 0.15) is 0 Å². The van der Waals surface area contributed by atoms with Crippen molar-refractivity contribution >= 4 is 65.4 Å². The van der Waals surface area contributed by atoms with Crippen LogP contribution in [0.2, 0.25) is 0 Å². The summed E-state index contributed by atoms with van der Waals surface area (Å²) in [6, 6.07) is 5.21. The molecule has 0 heterocycles. The normalized spacial score (nSPS) is 12.1. The van der Waals surface area contributed by atoms with Crippen molar-refractivity contribution in [2.45, 2.75) is 9.79 Å². The van der Waals surface area contributed by atoms with Gasteiger partial charge in [-0.05, 0) is 69.4 Å². The first-order chi connectivity index (χ1) is 11.9. The number of benzene rings is 2. The van der Waals surface area contributed by atoms with E-state index in [-0.39, 0.29) is 22.6 Å². The highest BCUT2D eigenvalue weighted by molar-refractivity contribution is 14.1. The lowest BCUT2D eigenvalue weighted by atomic mass is 10.0. The van der Waals surface area contributed by atoms with E-state index in [1.54, 1.807) is 0 Å². The summed E-state index contributed by atoms with van der Waals surface area (Å²) < 4.78 is 78.2. The van der Waals surface area contributed by atoms with Gasteiger partial charge in [-0.25, -0.2) is 0 Å². The van der Waals surface area contributed by atoms with Crippen molar-refractivity contribution in [1.29, 1.82) is 0 Å². The van der Waals surface area contributed by atoms with E-state index in [4.69, 9.17) is 9.47 Å². The van der Waals surface area contributed by atoms with E-state index in [0.717, 1.165) is 12.1 Å². The molecule has 0 aliphatic rings. The zero-order valence-electron chi connectivity index (χ0n) is 13.2. The molecule has 0 fully saturated rings. The molecule has 0 spiro atoms. The summed E-state index contributed by atoms with van der Waals surface area (Å²) in [4.78, 5) is -1.16. The topological polar surface area (TPSA) is 127 Å². The lowest BCUT2D eigenvalue weighted by Gasteiger charge is -2.18. The number of ether oxygens (including phenoxy) is 2. The van der Waals surface area contributed by atoms with Gasteiger partial charge in [-0.2, -0.15) is 16.8 Å². The Morgan fingerprint density at radius 2 is 1.04 bits per heavy atom. The molecule has 8 nitrogen and oxygen atoms in total. The number of hydrogen-bond acceptors (Lipinski definition) is 6. The van der Waals surface area contributed by atoms with Crippen LogP contribution in [0.3, 0.4) is 0 Å². The van der Waals surface area contributed by atoms with Crippen LogP contribution in [0.5, 0.6) is 11.5 Å². The first kappa shape index (κ1) is 21.6. The monoisotopic (exact) mass is 626 g/mol. The fourth-order valence-corrected chi connectivity index (χ4v) is 5.42. The van der Waals surface area contributed by atoms with Gasteiger partial charge < -0.3 is 9.47 Å². The van der Waals surface area contributed by atoms with Gasteiger partial charge in [0.2, 0.25) is 0 Å². The van der Waals surface area contributed by atoms with Crippen molar-refractivity contribution in [3.8, 4) is 22.6 Å². The zero-order valence-corrected chi connectivity index (χ0v) is 19.2. The third kappa shape index (κ3) is 4.41. The Bertz CT molecular complexity index is 991. The van der Waals surface area contributed by atoms with Gasteiger partial charge >= 0.3 is 0 Å². The summed E-state index contributed by atoms with van der Waals surface area (Å²) >= 11 is 3.65. The van der Waals surface area contributed by atoms with Gasteiger partial charge in [0.05, 0.1) is 25.3 Å². The van der Waals surface area contributed by atoms with Gasteiger partial charge in [-0.3, -0.25) is 9.11 Å². The number of halogens is 2. The molecule has 0 amide bonds. The quantitative estimate of drug-likeness (QED) is 0.383. The molecule has 0 aliphatic carbocycles. The van der Waals surface area contributed by atoms with E-state index >= 15 is 0 Å². The number of hydrogen-bond donors (Lipinski definition) is 2. The Balaban J connectivity index is 3.16. The molecule has 0 radical (unpaired) electrons. The molecule has 0 unspecified atom stereocenters. The van der Waals surface area contributed by atoms with E-state index < -0.39 is 30.0 Å². The van der Waals surface area contributed by atoms with E-state index in [9.17, 15) is 25.9 Å². The van der Waals surface area contributed by atoms with E-state index in [1.807, 2.05) is 45.2 Å². The van der Waals surface area contributed by atoms with Crippen molar-refractivity contribution in [2.24, 2.45) is 0 Å². The van der Waals surface area contributed by atoms with Crippen molar-refractivity contribution in [2.75, 3.05) is 14.2 Å². The smallest absolute Gasteiger partial charge is 0.295 e. The molecule has 0 saturated carbocycles. The van der Waals surface area contributed by atoms with Gasteiger partial charge in [0.25, 0.3) is 20.2 Å². The number of methoxy groups -OCH3 is 2. The predicted molar refractivity (Wildman–Crippen MR) is 110 cm³/mol. The Kier molecular flexibility index (Phi) is 6.44. The van der Waals surface area contributed by atoms with Gasteiger partial charge in [-0.1, -0.05) is 0 Å². The zero-order chi connectivity index (χ0) is 19.9. The lowest BCUT2D eigenvalue weighted by Crippen LogP contribution is -2.08. The van der Waals surface area contributed by atoms with Crippen LogP contribution in [0.4, 0.5) is 0 Å². The summed E-state index contributed by atoms with van der Waals surface area (Å²) in [5, 5.41) is 0. The van der Waals surface area contributed by atoms with Crippen LogP contribution in [0, 0.1) is 7.14 Å². The highest BCUT2D eigenvalue weighted by Crippen LogP contribution is 2.45. The third-order valence-electron chi connectivity index (χ3n) is 3.31. The second-order valence-electron chi connectivity index (χ2n) is 4.91. The van der Waals surface area contributed by atoms with Gasteiger partial charge in [0, 0.05) is 7.14 Å². The fourth-order valence-electron chi connectivity index (χ4n) is 2.34. The molecule has 12 heteroatoms. The highest BCUT2D eigenvalue weighted by atomic mass is 127. The molecule has 2 aromatic carbocycles. The van der Waals surface area contributed by atoms with Crippen molar-refractivity contribution in [3.05, 3.63) is 31.4 Å². The van der Waals surface area contributed by atoms with Crippen molar-refractivity contribution < 1.29 is 35.4 Å². The van der Waals surface area contributed by atoms with Crippen LogP contribution in [0.15, 0.2) is 34.1 Å². The molecule has 0 aliphatic heterocycles. The molecule has 0 aromatic heterocycles. The van der Waals surface area contributed by atoms with E-state index in [2.05, 4.69) is 0 Å². The average Bonchev–Trinajstić information content (AvgIpc) is 2.51. The van der Waals surface area contributed by atoms with Crippen LogP contribution in [0.25, 0.3) is 11.1 Å². The Hall–Kier alpha value is -0.680. The minimum absolute atomic E-state index is 0.0195. The largest absolute Gasteiger partial charge is 0.496 e. The Labute approximate surface area is 177 Å².